The largest absolute Gasteiger partial charge is 0.428 e. The van der Waals surface area contributed by atoms with Crippen molar-refractivity contribution in [3.8, 4) is 0 Å². The Hall–Kier alpha value is -0.913. The maximum absolute atomic E-state index is 11.7. The molecule has 0 radical (unpaired) electrons. The van der Waals surface area contributed by atoms with Crippen molar-refractivity contribution in [1.29, 1.82) is 0 Å². The van der Waals surface area contributed by atoms with E-state index in [2.05, 4.69) is 40.4 Å². The molecule has 0 N–H and O–H groups in total. The van der Waals surface area contributed by atoms with Gasteiger partial charge in [-0.25, -0.2) is 4.79 Å². The van der Waals surface area contributed by atoms with Crippen molar-refractivity contribution in [1.82, 2.24) is 0 Å². The summed E-state index contributed by atoms with van der Waals surface area (Å²) < 4.78 is 17.5. The number of hydrogen-bond acceptors (Lipinski definition) is 4. The van der Waals surface area contributed by atoms with E-state index in [-0.39, 0.29) is 12.1 Å². The lowest BCUT2D eigenvalue weighted by Gasteiger charge is -2.38. The first-order valence-electron chi connectivity index (χ1n) is 9.54. The molecule has 1 unspecified atom stereocenters. The molecule has 0 amide bonds. The van der Waals surface area contributed by atoms with Gasteiger partial charge < -0.3 is 13.9 Å². The van der Waals surface area contributed by atoms with Crippen molar-refractivity contribution >= 4 is 14.3 Å². The van der Waals surface area contributed by atoms with Crippen LogP contribution in [0.4, 0.5) is 0 Å². The molecule has 4 atom stereocenters. The number of rotatable bonds is 7. The third-order valence-corrected chi connectivity index (χ3v) is 6.00. The zero-order chi connectivity index (χ0) is 18.6. The highest BCUT2D eigenvalue weighted by molar-refractivity contribution is 6.69. The van der Waals surface area contributed by atoms with Crippen molar-refractivity contribution in [3.05, 3.63) is 23.8 Å². The summed E-state index contributed by atoms with van der Waals surface area (Å²) in [4.78, 5) is 11.7. The second-order valence-corrected chi connectivity index (χ2v) is 13.3. The zero-order valence-corrected chi connectivity index (χ0v) is 17.6. The van der Waals surface area contributed by atoms with Crippen molar-refractivity contribution in [2.24, 2.45) is 17.8 Å². The summed E-state index contributed by atoms with van der Waals surface area (Å²) in [5.41, 5.74) is 0.796. The van der Waals surface area contributed by atoms with Gasteiger partial charge in [0.2, 0.25) is 6.29 Å². The average Bonchev–Trinajstić information content (AvgIpc) is 2.82. The van der Waals surface area contributed by atoms with Gasteiger partial charge in [-0.05, 0) is 50.2 Å². The molecule has 2 aliphatic rings. The molecular weight excluding hydrogens is 332 g/mol. The fraction of sp³-hybridized carbons (Fsp3) is 0.750. The standard InChI is InChI=1S/C20H34O4Si/c1-14(2)17-10-9-15(3)12-18(17)23-20-16(13-19(21)24-20)8-7-11-22-25(4,5)6/h7-8,13-15,17-18,20H,9-12H2,1-6H3/b8-7+/t15-,17+,18-,20?/m1/s1. The van der Waals surface area contributed by atoms with E-state index in [4.69, 9.17) is 13.9 Å². The van der Waals surface area contributed by atoms with E-state index in [1.807, 2.05) is 12.2 Å². The lowest BCUT2D eigenvalue weighted by molar-refractivity contribution is -0.180. The molecule has 4 nitrogen and oxygen atoms in total. The van der Waals surface area contributed by atoms with E-state index >= 15 is 0 Å². The quantitative estimate of drug-likeness (QED) is 0.485. The lowest BCUT2D eigenvalue weighted by Crippen LogP contribution is -2.37. The molecule has 0 bridgehead atoms. The predicted octanol–water partition coefficient (Wildman–Crippen LogP) is 4.68. The minimum atomic E-state index is -1.53. The maximum Gasteiger partial charge on any atom is 0.333 e. The van der Waals surface area contributed by atoms with Crippen molar-refractivity contribution in [2.75, 3.05) is 6.61 Å². The van der Waals surface area contributed by atoms with Gasteiger partial charge in [0.15, 0.2) is 8.32 Å². The minimum Gasteiger partial charge on any atom is -0.428 e. The highest BCUT2D eigenvalue weighted by atomic mass is 28.4. The van der Waals surface area contributed by atoms with Crippen LogP contribution in [0.25, 0.3) is 0 Å². The van der Waals surface area contributed by atoms with Crippen LogP contribution in [0.5, 0.6) is 0 Å². The molecule has 5 heteroatoms. The van der Waals surface area contributed by atoms with Gasteiger partial charge in [-0.1, -0.05) is 39.3 Å². The number of esters is 1. The van der Waals surface area contributed by atoms with E-state index < -0.39 is 14.6 Å². The van der Waals surface area contributed by atoms with Crippen LogP contribution in [0.3, 0.4) is 0 Å². The van der Waals surface area contributed by atoms with Crippen LogP contribution in [-0.2, 0) is 18.7 Å². The molecule has 1 aliphatic heterocycles. The molecule has 0 aromatic rings. The summed E-state index contributed by atoms with van der Waals surface area (Å²) in [6.07, 6.45) is 8.44. The van der Waals surface area contributed by atoms with E-state index in [1.54, 1.807) is 0 Å². The van der Waals surface area contributed by atoms with Crippen LogP contribution in [0, 0.1) is 17.8 Å². The Morgan fingerprint density at radius 3 is 2.68 bits per heavy atom. The first-order chi connectivity index (χ1) is 11.7. The topological polar surface area (TPSA) is 44.8 Å². The number of hydrogen-bond donors (Lipinski definition) is 0. The Labute approximate surface area is 153 Å². The van der Waals surface area contributed by atoms with Gasteiger partial charge in [-0.3, -0.25) is 0 Å². The van der Waals surface area contributed by atoms with Gasteiger partial charge in [-0.2, -0.15) is 0 Å². The Kier molecular flexibility index (Phi) is 7.06. The molecule has 142 valence electrons. The number of cyclic esters (lactones) is 1. The Morgan fingerprint density at radius 1 is 1.32 bits per heavy atom. The van der Waals surface area contributed by atoms with Crippen LogP contribution in [0.1, 0.15) is 40.0 Å². The van der Waals surface area contributed by atoms with Gasteiger partial charge >= 0.3 is 5.97 Å². The Bertz CT molecular complexity index is 518. The molecule has 2 rings (SSSR count). The fourth-order valence-electron chi connectivity index (χ4n) is 3.56. The summed E-state index contributed by atoms with van der Waals surface area (Å²) in [7, 11) is -1.53. The smallest absolute Gasteiger partial charge is 0.333 e. The lowest BCUT2D eigenvalue weighted by atomic mass is 9.75. The summed E-state index contributed by atoms with van der Waals surface area (Å²) in [6.45, 7) is 13.8. The summed E-state index contributed by atoms with van der Waals surface area (Å²) >= 11 is 0. The van der Waals surface area contributed by atoms with Crippen molar-refractivity contribution in [3.63, 3.8) is 0 Å². The molecule has 1 heterocycles. The third-order valence-electron chi connectivity index (χ3n) is 4.96. The minimum absolute atomic E-state index is 0.148. The van der Waals surface area contributed by atoms with E-state index in [0.29, 0.717) is 24.4 Å². The average molecular weight is 367 g/mol. The Balaban J connectivity index is 1.98. The van der Waals surface area contributed by atoms with Crippen LogP contribution in [0.2, 0.25) is 19.6 Å². The molecule has 1 saturated carbocycles. The molecule has 25 heavy (non-hydrogen) atoms. The molecule has 1 fully saturated rings. The van der Waals surface area contributed by atoms with E-state index in [1.165, 1.54) is 18.9 Å². The van der Waals surface area contributed by atoms with E-state index in [0.717, 1.165) is 12.0 Å². The summed E-state index contributed by atoms with van der Waals surface area (Å²) in [5.74, 6) is 1.43. The normalized spacial score (nSPS) is 30.8. The van der Waals surface area contributed by atoms with Crippen molar-refractivity contribution < 1.29 is 18.7 Å². The fourth-order valence-corrected chi connectivity index (χ4v) is 4.15. The molecule has 0 spiro atoms. The maximum atomic E-state index is 11.7. The van der Waals surface area contributed by atoms with Crippen LogP contribution < -0.4 is 0 Å². The summed E-state index contributed by atoms with van der Waals surface area (Å²) in [6, 6.07) is 0. The molecule has 1 aliphatic carbocycles. The molecule has 0 aromatic heterocycles. The molecular formula is C20H34O4Si. The number of carbonyl (C=O) groups is 1. The molecule has 0 aromatic carbocycles. The number of ether oxygens (including phenoxy) is 2. The highest BCUT2D eigenvalue weighted by Gasteiger charge is 2.36. The zero-order valence-electron chi connectivity index (χ0n) is 16.6. The van der Waals surface area contributed by atoms with Crippen LogP contribution >= 0.6 is 0 Å². The van der Waals surface area contributed by atoms with Crippen LogP contribution in [0.15, 0.2) is 23.8 Å². The monoisotopic (exact) mass is 366 g/mol. The predicted molar refractivity (Wildman–Crippen MR) is 103 cm³/mol. The second-order valence-electron chi connectivity index (χ2n) is 8.74. The first-order valence-corrected chi connectivity index (χ1v) is 12.9. The van der Waals surface area contributed by atoms with Gasteiger partial charge in [0.25, 0.3) is 0 Å². The highest BCUT2D eigenvalue weighted by Crippen LogP contribution is 2.37. The van der Waals surface area contributed by atoms with E-state index in [9.17, 15) is 4.79 Å². The first kappa shape index (κ1) is 20.4. The van der Waals surface area contributed by atoms with Crippen molar-refractivity contribution in [2.45, 2.75) is 72.1 Å². The van der Waals surface area contributed by atoms with Crippen LogP contribution in [-0.4, -0.2) is 33.3 Å². The third kappa shape index (κ3) is 6.39. The Morgan fingerprint density at radius 2 is 2.04 bits per heavy atom. The SMILES string of the molecule is CC(C)[C@@H]1CC[C@@H](C)C[C@H]1OC1OC(=O)C=C1/C=C/CO[Si](C)(C)C. The van der Waals surface area contributed by atoms with Gasteiger partial charge in [0.1, 0.15) is 0 Å². The summed E-state index contributed by atoms with van der Waals surface area (Å²) in [5, 5.41) is 0. The second kappa shape index (κ2) is 8.65. The molecule has 0 saturated heterocycles. The number of carbonyl (C=O) groups excluding carboxylic acids is 1. The van der Waals surface area contributed by atoms with Gasteiger partial charge in [0, 0.05) is 11.6 Å². The van der Waals surface area contributed by atoms with Gasteiger partial charge in [-0.15, -0.1) is 0 Å². The van der Waals surface area contributed by atoms with Gasteiger partial charge in [0.05, 0.1) is 12.7 Å².